The summed E-state index contributed by atoms with van der Waals surface area (Å²) in [6.07, 6.45) is -1.08. The molecule has 0 unspecified atom stereocenters. The van der Waals surface area contributed by atoms with Gasteiger partial charge in [-0.05, 0) is 48.5 Å². The SMILES string of the molecule is O=C1[C@@H]2[C@@H](c3cc(Cl)cc(Cl)c3O)N(c3ccccc3)O[C@H]2C(=O)N1c1ccc(Cl)cc1. The van der Waals surface area contributed by atoms with E-state index in [2.05, 4.69) is 0 Å². The first-order valence-corrected chi connectivity index (χ1v) is 10.8. The zero-order chi connectivity index (χ0) is 22.6. The third-order valence-corrected chi connectivity index (χ3v) is 6.35. The van der Waals surface area contributed by atoms with Crippen molar-refractivity contribution < 1.29 is 19.5 Å². The summed E-state index contributed by atoms with van der Waals surface area (Å²) in [6.45, 7) is 0. The molecule has 0 aromatic heterocycles. The number of imide groups is 1. The molecule has 6 nitrogen and oxygen atoms in total. The van der Waals surface area contributed by atoms with Gasteiger partial charge in [0, 0.05) is 15.6 Å². The van der Waals surface area contributed by atoms with Crippen molar-refractivity contribution in [1.82, 2.24) is 0 Å². The molecular weight excluding hydrogens is 475 g/mol. The van der Waals surface area contributed by atoms with Crippen molar-refractivity contribution in [3.05, 3.63) is 87.4 Å². The Morgan fingerprint density at radius 1 is 0.812 bits per heavy atom. The number of hydrogen-bond acceptors (Lipinski definition) is 5. The summed E-state index contributed by atoms with van der Waals surface area (Å²) in [4.78, 5) is 33.9. The molecule has 0 bridgehead atoms. The Bertz CT molecular complexity index is 1220. The average molecular weight is 490 g/mol. The van der Waals surface area contributed by atoms with Crippen LogP contribution in [0.1, 0.15) is 11.6 Å². The second kappa shape index (κ2) is 7.98. The highest BCUT2D eigenvalue weighted by Crippen LogP contribution is 2.50. The van der Waals surface area contributed by atoms with Gasteiger partial charge in [-0.25, -0.2) is 9.96 Å². The number of hydroxylamine groups is 1. The van der Waals surface area contributed by atoms with Gasteiger partial charge in [-0.3, -0.25) is 14.4 Å². The molecule has 9 heteroatoms. The smallest absolute Gasteiger partial charge is 0.266 e. The summed E-state index contributed by atoms with van der Waals surface area (Å²) in [6, 6.07) is 17.5. The first-order valence-electron chi connectivity index (χ1n) is 9.69. The highest BCUT2D eigenvalue weighted by molar-refractivity contribution is 6.35. The van der Waals surface area contributed by atoms with E-state index in [1.54, 1.807) is 48.5 Å². The van der Waals surface area contributed by atoms with Crippen LogP contribution in [-0.4, -0.2) is 23.0 Å². The Kier molecular flexibility index (Phi) is 5.26. The van der Waals surface area contributed by atoms with Crippen LogP contribution in [0.5, 0.6) is 5.75 Å². The number of rotatable bonds is 3. The Labute approximate surface area is 198 Å². The summed E-state index contributed by atoms with van der Waals surface area (Å²) in [5, 5.41) is 13.0. The van der Waals surface area contributed by atoms with E-state index in [1.807, 2.05) is 6.07 Å². The number of fused-ring (bicyclic) bond motifs is 1. The van der Waals surface area contributed by atoms with Crippen molar-refractivity contribution in [1.29, 1.82) is 0 Å². The molecule has 162 valence electrons. The van der Waals surface area contributed by atoms with Crippen molar-refractivity contribution in [3.63, 3.8) is 0 Å². The van der Waals surface area contributed by atoms with E-state index >= 15 is 0 Å². The van der Waals surface area contributed by atoms with Crippen molar-refractivity contribution in [2.45, 2.75) is 12.1 Å². The van der Waals surface area contributed by atoms with Crippen molar-refractivity contribution in [2.24, 2.45) is 5.92 Å². The van der Waals surface area contributed by atoms with Crippen LogP contribution >= 0.6 is 34.8 Å². The van der Waals surface area contributed by atoms with Gasteiger partial charge in [0.2, 0.25) is 5.91 Å². The van der Waals surface area contributed by atoms with Crippen LogP contribution < -0.4 is 9.96 Å². The molecule has 32 heavy (non-hydrogen) atoms. The minimum absolute atomic E-state index is 0.0373. The largest absolute Gasteiger partial charge is 0.506 e. The number of phenols is 1. The molecule has 3 aromatic carbocycles. The number of para-hydroxylation sites is 1. The zero-order valence-corrected chi connectivity index (χ0v) is 18.6. The third-order valence-electron chi connectivity index (χ3n) is 5.59. The summed E-state index contributed by atoms with van der Waals surface area (Å²) in [7, 11) is 0. The maximum absolute atomic E-state index is 13.5. The van der Waals surface area contributed by atoms with Crippen LogP contribution in [-0.2, 0) is 14.4 Å². The van der Waals surface area contributed by atoms with E-state index in [0.29, 0.717) is 16.4 Å². The summed E-state index contributed by atoms with van der Waals surface area (Å²) >= 11 is 18.3. The first-order chi connectivity index (χ1) is 15.4. The van der Waals surface area contributed by atoms with Gasteiger partial charge in [-0.1, -0.05) is 53.0 Å². The van der Waals surface area contributed by atoms with Gasteiger partial charge in [-0.15, -0.1) is 0 Å². The van der Waals surface area contributed by atoms with E-state index in [9.17, 15) is 14.7 Å². The van der Waals surface area contributed by atoms with Gasteiger partial charge in [0.15, 0.2) is 6.10 Å². The Morgan fingerprint density at radius 3 is 2.19 bits per heavy atom. The molecule has 2 fully saturated rings. The van der Waals surface area contributed by atoms with Gasteiger partial charge < -0.3 is 5.11 Å². The van der Waals surface area contributed by atoms with Crippen LogP contribution in [0.15, 0.2) is 66.7 Å². The van der Waals surface area contributed by atoms with E-state index in [4.69, 9.17) is 39.6 Å². The number of carbonyl (C=O) groups excluding carboxylic acids is 2. The molecule has 0 spiro atoms. The Balaban J connectivity index is 1.64. The number of aromatic hydroxyl groups is 1. The highest BCUT2D eigenvalue weighted by atomic mass is 35.5. The van der Waals surface area contributed by atoms with Crippen LogP contribution in [0.4, 0.5) is 11.4 Å². The molecule has 1 N–H and O–H groups in total. The predicted octanol–water partition coefficient (Wildman–Crippen LogP) is 5.40. The molecule has 2 heterocycles. The second-order valence-corrected chi connectivity index (χ2v) is 8.75. The lowest BCUT2D eigenvalue weighted by Crippen LogP contribution is -2.37. The molecule has 2 saturated heterocycles. The first kappa shape index (κ1) is 21.1. The number of anilines is 2. The maximum atomic E-state index is 13.5. The number of hydrogen-bond donors (Lipinski definition) is 1. The fourth-order valence-electron chi connectivity index (χ4n) is 4.19. The molecule has 3 aromatic rings. The second-order valence-electron chi connectivity index (χ2n) is 7.47. The molecule has 0 aliphatic carbocycles. The molecule has 0 saturated carbocycles. The average Bonchev–Trinajstić information content (AvgIpc) is 3.28. The molecule has 3 atom stereocenters. The molecule has 2 aliphatic heterocycles. The number of nitrogens with zero attached hydrogens (tertiary/aromatic N) is 2. The fraction of sp³-hybridized carbons (Fsp3) is 0.130. The number of phenolic OH excluding ortho intramolecular Hbond substituents is 1. The number of benzene rings is 3. The third kappa shape index (κ3) is 3.31. The lowest BCUT2D eigenvalue weighted by atomic mass is 9.90. The molecule has 2 amide bonds. The van der Waals surface area contributed by atoms with Crippen LogP contribution in [0, 0.1) is 5.92 Å². The Morgan fingerprint density at radius 2 is 1.50 bits per heavy atom. The molecular formula is C23H15Cl3N2O4. The predicted molar refractivity (Wildman–Crippen MR) is 122 cm³/mol. The number of halogens is 3. The van der Waals surface area contributed by atoms with Gasteiger partial charge in [0.25, 0.3) is 5.91 Å². The van der Waals surface area contributed by atoms with Crippen LogP contribution in [0.3, 0.4) is 0 Å². The standard InChI is InChI=1S/C23H15Cl3N2O4/c24-12-6-8-14(9-7-12)27-22(30)18-19(16-10-13(25)11-17(26)20(16)29)28(32-21(18)23(27)31)15-4-2-1-3-5-15/h1-11,18-19,21,29H/t18-,19-,21-/m1/s1. The zero-order valence-electron chi connectivity index (χ0n) is 16.3. The topological polar surface area (TPSA) is 70.1 Å². The van der Waals surface area contributed by atoms with Gasteiger partial charge in [-0.2, -0.15) is 0 Å². The number of carbonyl (C=O) groups is 2. The lowest BCUT2D eigenvalue weighted by Gasteiger charge is -2.29. The summed E-state index contributed by atoms with van der Waals surface area (Å²) < 4.78 is 0. The minimum Gasteiger partial charge on any atom is -0.506 e. The monoisotopic (exact) mass is 488 g/mol. The Hall–Kier alpha value is -2.77. The van der Waals surface area contributed by atoms with Gasteiger partial charge in [0.1, 0.15) is 11.7 Å². The fourth-order valence-corrected chi connectivity index (χ4v) is 4.82. The van der Waals surface area contributed by atoms with E-state index < -0.39 is 29.9 Å². The van der Waals surface area contributed by atoms with Crippen LogP contribution in [0.25, 0.3) is 0 Å². The van der Waals surface area contributed by atoms with Crippen molar-refractivity contribution >= 4 is 58.0 Å². The van der Waals surface area contributed by atoms with Gasteiger partial charge >= 0.3 is 0 Å². The van der Waals surface area contributed by atoms with Crippen molar-refractivity contribution in [2.75, 3.05) is 9.96 Å². The normalized spacial score (nSPS) is 22.5. The van der Waals surface area contributed by atoms with E-state index in [1.165, 1.54) is 17.2 Å². The molecule has 0 radical (unpaired) electrons. The van der Waals surface area contributed by atoms with Gasteiger partial charge in [0.05, 0.1) is 22.4 Å². The maximum Gasteiger partial charge on any atom is 0.266 e. The van der Waals surface area contributed by atoms with E-state index in [0.717, 1.165) is 4.90 Å². The molecule has 2 aliphatic rings. The lowest BCUT2D eigenvalue weighted by molar-refractivity contribution is -0.126. The summed E-state index contributed by atoms with van der Waals surface area (Å²) in [5.74, 6) is -2.12. The summed E-state index contributed by atoms with van der Waals surface area (Å²) in [5.41, 5.74) is 1.29. The van der Waals surface area contributed by atoms with Crippen LogP contribution in [0.2, 0.25) is 15.1 Å². The number of amides is 2. The minimum atomic E-state index is -1.08. The van der Waals surface area contributed by atoms with E-state index in [-0.39, 0.29) is 21.4 Å². The quantitative estimate of drug-likeness (QED) is 0.499. The van der Waals surface area contributed by atoms with Crippen molar-refractivity contribution in [3.8, 4) is 5.75 Å². The highest BCUT2D eigenvalue weighted by Gasteiger charge is 2.60. The molecule has 5 rings (SSSR count).